The third-order valence-corrected chi connectivity index (χ3v) is 8.81. The van der Waals surface area contributed by atoms with Crippen LogP contribution in [0.15, 0.2) is 71.6 Å². The highest BCUT2D eigenvalue weighted by Gasteiger charge is 2.34. The van der Waals surface area contributed by atoms with E-state index < -0.39 is 28.5 Å². The summed E-state index contributed by atoms with van der Waals surface area (Å²) in [6.45, 7) is 3.53. The number of nitrogens with zero attached hydrogens (tertiary/aromatic N) is 2. The molecule has 0 aliphatic rings. The first kappa shape index (κ1) is 33.5. The SMILES string of the molecule is CCCCNC(=O)[C@H](C)N(Cc1ccccc1)C(=O)CN(c1cc(Cl)ccc1OC)S(=O)(=O)c1ccc(OC)c(OC)c1. The normalized spacial score (nSPS) is 11.8. The Hall–Kier alpha value is -3.96. The molecule has 2 amide bonds. The van der Waals surface area contributed by atoms with Crippen LogP contribution >= 0.6 is 11.6 Å². The van der Waals surface area contributed by atoms with Crippen molar-refractivity contribution in [2.24, 2.45) is 0 Å². The van der Waals surface area contributed by atoms with Crippen molar-refractivity contribution in [2.75, 3.05) is 38.7 Å². The molecule has 1 N–H and O–H groups in total. The van der Waals surface area contributed by atoms with E-state index in [4.69, 9.17) is 25.8 Å². The van der Waals surface area contributed by atoms with Crippen molar-refractivity contribution in [3.63, 3.8) is 0 Å². The Morgan fingerprint density at radius 1 is 0.907 bits per heavy atom. The van der Waals surface area contributed by atoms with Gasteiger partial charge in [-0.15, -0.1) is 0 Å². The van der Waals surface area contributed by atoms with E-state index in [0.29, 0.717) is 12.3 Å². The van der Waals surface area contributed by atoms with Gasteiger partial charge in [0.05, 0.1) is 31.9 Å². The number of ether oxygens (including phenoxy) is 3. The summed E-state index contributed by atoms with van der Waals surface area (Å²) in [6, 6.07) is 16.9. The maximum Gasteiger partial charge on any atom is 0.265 e. The van der Waals surface area contributed by atoms with Crippen LogP contribution in [-0.4, -0.2) is 65.6 Å². The minimum Gasteiger partial charge on any atom is -0.495 e. The van der Waals surface area contributed by atoms with Crippen LogP contribution in [0.4, 0.5) is 5.69 Å². The second-order valence-electron chi connectivity index (χ2n) is 9.67. The first-order valence-electron chi connectivity index (χ1n) is 13.8. The molecular weight excluding hydrogens is 594 g/mol. The molecule has 3 aromatic carbocycles. The van der Waals surface area contributed by atoms with Gasteiger partial charge in [0.1, 0.15) is 18.3 Å². The van der Waals surface area contributed by atoms with Crippen molar-refractivity contribution in [3.05, 3.63) is 77.3 Å². The zero-order valence-electron chi connectivity index (χ0n) is 25.0. The molecule has 0 fully saturated rings. The van der Waals surface area contributed by atoms with Crippen LogP contribution in [0.25, 0.3) is 0 Å². The van der Waals surface area contributed by atoms with Crippen molar-refractivity contribution < 1.29 is 32.2 Å². The molecule has 0 aromatic heterocycles. The van der Waals surface area contributed by atoms with Gasteiger partial charge in [-0.25, -0.2) is 8.42 Å². The van der Waals surface area contributed by atoms with Crippen LogP contribution < -0.4 is 23.8 Å². The fourth-order valence-corrected chi connectivity index (χ4v) is 5.97. The van der Waals surface area contributed by atoms with Crippen molar-refractivity contribution in [3.8, 4) is 17.2 Å². The number of benzene rings is 3. The molecule has 12 heteroatoms. The van der Waals surface area contributed by atoms with Crippen LogP contribution in [0.5, 0.6) is 17.2 Å². The summed E-state index contributed by atoms with van der Waals surface area (Å²) in [6.07, 6.45) is 1.68. The van der Waals surface area contributed by atoms with E-state index in [1.54, 1.807) is 13.0 Å². The first-order chi connectivity index (χ1) is 20.6. The zero-order chi connectivity index (χ0) is 31.6. The molecule has 0 bridgehead atoms. The van der Waals surface area contributed by atoms with Gasteiger partial charge < -0.3 is 24.4 Å². The number of hydrogen-bond donors (Lipinski definition) is 1. The number of unbranched alkanes of at least 4 members (excludes halogenated alkanes) is 1. The fraction of sp³-hybridized carbons (Fsp3) is 0.355. The number of halogens is 1. The van der Waals surface area contributed by atoms with Gasteiger partial charge >= 0.3 is 0 Å². The minimum absolute atomic E-state index is 0.0536. The zero-order valence-corrected chi connectivity index (χ0v) is 26.6. The van der Waals surface area contributed by atoms with Crippen LogP contribution in [0, 0.1) is 0 Å². The smallest absolute Gasteiger partial charge is 0.265 e. The summed E-state index contributed by atoms with van der Waals surface area (Å²) in [5, 5.41) is 3.10. The van der Waals surface area contributed by atoms with Crippen LogP contribution in [0.2, 0.25) is 5.02 Å². The summed E-state index contributed by atoms with van der Waals surface area (Å²) in [5.74, 6) is -0.237. The molecule has 3 rings (SSSR count). The number of carbonyl (C=O) groups excluding carboxylic acids is 2. The summed E-state index contributed by atoms with van der Waals surface area (Å²) in [4.78, 5) is 28.4. The maximum atomic E-state index is 14.3. The molecule has 0 aliphatic heterocycles. The van der Waals surface area contributed by atoms with Gasteiger partial charge in [0.2, 0.25) is 11.8 Å². The summed E-state index contributed by atoms with van der Waals surface area (Å²) >= 11 is 6.30. The molecular formula is C31H38ClN3O7S. The molecule has 0 spiro atoms. The van der Waals surface area contributed by atoms with Gasteiger partial charge in [0.15, 0.2) is 11.5 Å². The van der Waals surface area contributed by atoms with Gasteiger partial charge in [-0.3, -0.25) is 13.9 Å². The van der Waals surface area contributed by atoms with Gasteiger partial charge in [-0.1, -0.05) is 55.3 Å². The minimum atomic E-state index is -4.41. The van der Waals surface area contributed by atoms with E-state index in [0.717, 1.165) is 22.7 Å². The molecule has 3 aromatic rings. The lowest BCUT2D eigenvalue weighted by Crippen LogP contribution is -2.51. The molecule has 0 heterocycles. The molecule has 232 valence electrons. The summed E-state index contributed by atoms with van der Waals surface area (Å²) in [7, 11) is -0.194. The van der Waals surface area contributed by atoms with Crippen molar-refractivity contribution >= 4 is 39.1 Å². The lowest BCUT2D eigenvalue weighted by molar-refractivity contribution is -0.139. The highest BCUT2D eigenvalue weighted by molar-refractivity contribution is 7.92. The third-order valence-electron chi connectivity index (χ3n) is 6.82. The Morgan fingerprint density at radius 2 is 1.56 bits per heavy atom. The first-order valence-corrected chi connectivity index (χ1v) is 15.6. The lowest BCUT2D eigenvalue weighted by atomic mass is 10.1. The summed E-state index contributed by atoms with van der Waals surface area (Å²) in [5.41, 5.74) is 0.830. The quantitative estimate of drug-likeness (QED) is 0.238. The van der Waals surface area contributed by atoms with E-state index in [1.807, 2.05) is 37.3 Å². The topological polar surface area (TPSA) is 114 Å². The highest BCUT2D eigenvalue weighted by Crippen LogP contribution is 2.37. The van der Waals surface area contributed by atoms with E-state index in [-0.39, 0.29) is 39.6 Å². The Kier molecular flexibility index (Phi) is 12.1. The average molecular weight is 632 g/mol. The van der Waals surface area contributed by atoms with Crippen LogP contribution in [-0.2, 0) is 26.2 Å². The molecule has 0 radical (unpaired) electrons. The molecule has 0 saturated carbocycles. The van der Waals surface area contributed by atoms with Crippen LogP contribution in [0.3, 0.4) is 0 Å². The average Bonchev–Trinajstić information content (AvgIpc) is 3.02. The van der Waals surface area contributed by atoms with Crippen molar-refractivity contribution in [1.82, 2.24) is 10.2 Å². The monoisotopic (exact) mass is 631 g/mol. The molecule has 10 nitrogen and oxygen atoms in total. The maximum absolute atomic E-state index is 14.3. The number of nitrogens with one attached hydrogen (secondary N) is 1. The number of rotatable bonds is 15. The molecule has 0 aliphatic carbocycles. The predicted octanol–water partition coefficient (Wildman–Crippen LogP) is 4.89. The highest BCUT2D eigenvalue weighted by atomic mass is 35.5. The second kappa shape index (κ2) is 15.5. The Bertz CT molecular complexity index is 1500. The number of amides is 2. The van der Waals surface area contributed by atoms with E-state index in [1.165, 1.54) is 56.6 Å². The van der Waals surface area contributed by atoms with E-state index in [9.17, 15) is 18.0 Å². The standard InChI is InChI=1S/C31H38ClN3O7S/c1-6-7-17-33-31(37)22(2)34(20-23-11-9-8-10-12-23)30(36)21-35(26-18-24(32)13-15-27(26)40-3)43(38,39)25-14-16-28(41-4)29(19-25)42-5/h8-16,18-19,22H,6-7,17,20-21H2,1-5H3,(H,33,37)/t22-/m0/s1. The number of hydrogen-bond acceptors (Lipinski definition) is 7. The van der Waals surface area contributed by atoms with Crippen molar-refractivity contribution in [2.45, 2.75) is 44.2 Å². The molecule has 1 atom stereocenters. The number of anilines is 1. The van der Waals surface area contributed by atoms with Crippen LogP contribution in [0.1, 0.15) is 32.3 Å². The van der Waals surface area contributed by atoms with Crippen molar-refractivity contribution in [1.29, 1.82) is 0 Å². The second-order valence-corrected chi connectivity index (χ2v) is 12.0. The lowest BCUT2D eigenvalue weighted by Gasteiger charge is -2.32. The largest absolute Gasteiger partial charge is 0.495 e. The Balaban J connectivity index is 2.11. The molecule has 43 heavy (non-hydrogen) atoms. The molecule has 0 unspecified atom stereocenters. The number of carbonyl (C=O) groups is 2. The summed E-state index contributed by atoms with van der Waals surface area (Å²) < 4.78 is 45.5. The Morgan fingerprint density at radius 3 is 2.19 bits per heavy atom. The Labute approximate surface area is 258 Å². The number of methoxy groups -OCH3 is 3. The molecule has 0 saturated heterocycles. The third kappa shape index (κ3) is 8.32. The van der Waals surface area contributed by atoms with Gasteiger partial charge in [0, 0.05) is 24.2 Å². The van der Waals surface area contributed by atoms with Gasteiger partial charge in [0.25, 0.3) is 10.0 Å². The van der Waals surface area contributed by atoms with E-state index >= 15 is 0 Å². The predicted molar refractivity (Wildman–Crippen MR) is 166 cm³/mol. The number of sulfonamides is 1. The van der Waals surface area contributed by atoms with E-state index in [2.05, 4.69) is 5.32 Å². The van der Waals surface area contributed by atoms with Gasteiger partial charge in [-0.2, -0.15) is 0 Å². The fourth-order valence-electron chi connectivity index (χ4n) is 4.37. The van der Waals surface area contributed by atoms with Gasteiger partial charge in [-0.05, 0) is 49.2 Å².